The SMILES string of the molecule is CCNCCC1(OC2CCCC(C)C2)CCC1. The Morgan fingerprint density at radius 3 is 2.65 bits per heavy atom. The summed E-state index contributed by atoms with van der Waals surface area (Å²) in [5.41, 5.74) is 0.254. The van der Waals surface area contributed by atoms with Crippen LogP contribution in [-0.4, -0.2) is 24.8 Å². The zero-order valence-corrected chi connectivity index (χ0v) is 11.6. The second-order valence-electron chi connectivity index (χ2n) is 6.15. The molecule has 0 spiro atoms. The maximum atomic E-state index is 6.49. The quantitative estimate of drug-likeness (QED) is 0.716. The molecule has 0 heterocycles. The van der Waals surface area contributed by atoms with Crippen LogP contribution in [0.5, 0.6) is 0 Å². The van der Waals surface area contributed by atoms with E-state index >= 15 is 0 Å². The molecule has 2 rings (SSSR count). The Bertz CT molecular complexity index is 225. The molecule has 2 heteroatoms. The molecule has 1 N–H and O–H groups in total. The van der Waals surface area contributed by atoms with Gasteiger partial charge in [-0.3, -0.25) is 0 Å². The predicted octanol–water partition coefficient (Wildman–Crippen LogP) is 3.50. The minimum atomic E-state index is 0.254. The molecule has 2 saturated carbocycles. The van der Waals surface area contributed by atoms with Gasteiger partial charge < -0.3 is 10.1 Å². The fourth-order valence-electron chi connectivity index (χ4n) is 3.33. The van der Waals surface area contributed by atoms with Gasteiger partial charge in [0.15, 0.2) is 0 Å². The zero-order valence-electron chi connectivity index (χ0n) is 11.6. The van der Waals surface area contributed by atoms with Crippen LogP contribution in [-0.2, 0) is 4.74 Å². The molecule has 2 unspecified atom stereocenters. The van der Waals surface area contributed by atoms with Gasteiger partial charge in [0.25, 0.3) is 0 Å². The number of ether oxygens (including phenoxy) is 1. The fraction of sp³-hybridized carbons (Fsp3) is 1.00. The van der Waals surface area contributed by atoms with Crippen molar-refractivity contribution in [3.63, 3.8) is 0 Å². The largest absolute Gasteiger partial charge is 0.372 e. The number of rotatable bonds is 6. The summed E-state index contributed by atoms with van der Waals surface area (Å²) in [4.78, 5) is 0. The number of nitrogens with one attached hydrogen (secondary N) is 1. The molecule has 2 atom stereocenters. The highest BCUT2D eigenvalue weighted by molar-refractivity contribution is 4.92. The summed E-state index contributed by atoms with van der Waals surface area (Å²) in [6, 6.07) is 0. The monoisotopic (exact) mass is 239 g/mol. The lowest BCUT2D eigenvalue weighted by molar-refractivity contribution is -0.154. The molecule has 0 radical (unpaired) electrons. The molecular formula is C15H29NO. The van der Waals surface area contributed by atoms with E-state index in [2.05, 4.69) is 19.2 Å². The van der Waals surface area contributed by atoms with E-state index < -0.39 is 0 Å². The molecule has 0 aromatic rings. The third-order valence-electron chi connectivity index (χ3n) is 4.58. The van der Waals surface area contributed by atoms with E-state index in [1.165, 1.54) is 51.4 Å². The smallest absolute Gasteiger partial charge is 0.0698 e. The van der Waals surface area contributed by atoms with Crippen molar-refractivity contribution in [2.24, 2.45) is 5.92 Å². The third-order valence-corrected chi connectivity index (χ3v) is 4.58. The lowest BCUT2D eigenvalue weighted by atomic mass is 9.76. The van der Waals surface area contributed by atoms with Gasteiger partial charge in [-0.2, -0.15) is 0 Å². The average molecular weight is 239 g/mol. The molecule has 17 heavy (non-hydrogen) atoms. The van der Waals surface area contributed by atoms with Crippen molar-refractivity contribution >= 4 is 0 Å². The van der Waals surface area contributed by atoms with E-state index in [4.69, 9.17) is 4.74 Å². The van der Waals surface area contributed by atoms with Gasteiger partial charge in [0.1, 0.15) is 0 Å². The molecule has 2 nitrogen and oxygen atoms in total. The summed E-state index contributed by atoms with van der Waals surface area (Å²) in [5.74, 6) is 0.875. The van der Waals surface area contributed by atoms with Crippen molar-refractivity contribution in [3.05, 3.63) is 0 Å². The molecule has 0 amide bonds. The van der Waals surface area contributed by atoms with E-state index in [0.717, 1.165) is 19.0 Å². The Balaban J connectivity index is 1.77. The number of hydrogen-bond donors (Lipinski definition) is 1. The van der Waals surface area contributed by atoms with E-state index in [0.29, 0.717) is 6.10 Å². The minimum absolute atomic E-state index is 0.254. The van der Waals surface area contributed by atoms with Crippen molar-refractivity contribution < 1.29 is 4.74 Å². The molecule has 0 aromatic heterocycles. The van der Waals surface area contributed by atoms with Gasteiger partial charge >= 0.3 is 0 Å². The van der Waals surface area contributed by atoms with Gasteiger partial charge in [0.05, 0.1) is 11.7 Å². The van der Waals surface area contributed by atoms with Crippen molar-refractivity contribution in [2.75, 3.05) is 13.1 Å². The van der Waals surface area contributed by atoms with Crippen LogP contribution in [0.4, 0.5) is 0 Å². The maximum Gasteiger partial charge on any atom is 0.0698 e. The summed E-state index contributed by atoms with van der Waals surface area (Å²) in [7, 11) is 0. The van der Waals surface area contributed by atoms with Gasteiger partial charge in [-0.25, -0.2) is 0 Å². The summed E-state index contributed by atoms with van der Waals surface area (Å²) < 4.78 is 6.49. The summed E-state index contributed by atoms with van der Waals surface area (Å²) in [6.07, 6.45) is 11.1. The second-order valence-corrected chi connectivity index (χ2v) is 6.15. The maximum absolute atomic E-state index is 6.49. The summed E-state index contributed by atoms with van der Waals surface area (Å²) in [5, 5.41) is 3.44. The molecule has 100 valence electrons. The van der Waals surface area contributed by atoms with Crippen molar-refractivity contribution in [3.8, 4) is 0 Å². The van der Waals surface area contributed by atoms with Crippen LogP contribution in [0.2, 0.25) is 0 Å². The molecule has 2 fully saturated rings. The van der Waals surface area contributed by atoms with E-state index in [1.54, 1.807) is 0 Å². The first-order valence-corrected chi connectivity index (χ1v) is 7.63. The highest BCUT2D eigenvalue weighted by Crippen LogP contribution is 2.41. The van der Waals surface area contributed by atoms with Gasteiger partial charge in [-0.15, -0.1) is 0 Å². The van der Waals surface area contributed by atoms with Crippen LogP contribution >= 0.6 is 0 Å². The van der Waals surface area contributed by atoms with Gasteiger partial charge in [0.2, 0.25) is 0 Å². The molecule has 0 bridgehead atoms. The third kappa shape index (κ3) is 3.69. The first-order valence-electron chi connectivity index (χ1n) is 7.63. The Labute approximate surface area is 107 Å². The molecule has 0 aromatic carbocycles. The highest BCUT2D eigenvalue weighted by atomic mass is 16.5. The van der Waals surface area contributed by atoms with Crippen LogP contribution in [0.1, 0.15) is 65.2 Å². The molecule has 2 aliphatic rings. The topological polar surface area (TPSA) is 21.3 Å². The molecule has 2 aliphatic carbocycles. The summed E-state index contributed by atoms with van der Waals surface area (Å²) in [6.45, 7) is 6.76. The van der Waals surface area contributed by atoms with E-state index in [1.807, 2.05) is 0 Å². The Morgan fingerprint density at radius 1 is 1.24 bits per heavy atom. The predicted molar refractivity (Wildman–Crippen MR) is 72.2 cm³/mol. The lowest BCUT2D eigenvalue weighted by Crippen LogP contribution is -2.46. The van der Waals surface area contributed by atoms with Crippen LogP contribution in [0, 0.1) is 5.92 Å². The Morgan fingerprint density at radius 2 is 2.06 bits per heavy atom. The van der Waals surface area contributed by atoms with Crippen LogP contribution in [0.15, 0.2) is 0 Å². The first kappa shape index (κ1) is 13.4. The summed E-state index contributed by atoms with van der Waals surface area (Å²) >= 11 is 0. The van der Waals surface area contributed by atoms with Crippen molar-refractivity contribution in [1.29, 1.82) is 0 Å². The second kappa shape index (κ2) is 6.19. The van der Waals surface area contributed by atoms with Gasteiger partial charge in [-0.05, 0) is 57.5 Å². The zero-order chi connectivity index (χ0) is 12.1. The lowest BCUT2D eigenvalue weighted by Gasteiger charge is -2.45. The van der Waals surface area contributed by atoms with Gasteiger partial charge in [-0.1, -0.05) is 26.7 Å². The fourth-order valence-corrected chi connectivity index (χ4v) is 3.33. The minimum Gasteiger partial charge on any atom is -0.372 e. The Hall–Kier alpha value is -0.0800. The number of hydrogen-bond acceptors (Lipinski definition) is 2. The molecule has 0 saturated heterocycles. The van der Waals surface area contributed by atoms with Crippen molar-refractivity contribution in [2.45, 2.75) is 76.9 Å². The normalized spacial score (nSPS) is 32.1. The van der Waals surface area contributed by atoms with E-state index in [-0.39, 0.29) is 5.60 Å². The average Bonchev–Trinajstić information content (AvgIpc) is 2.26. The molecular weight excluding hydrogens is 210 g/mol. The van der Waals surface area contributed by atoms with E-state index in [9.17, 15) is 0 Å². The van der Waals surface area contributed by atoms with Gasteiger partial charge in [0, 0.05) is 0 Å². The first-order chi connectivity index (χ1) is 8.24. The Kier molecular flexibility index (Phi) is 4.87. The van der Waals surface area contributed by atoms with Crippen molar-refractivity contribution in [1.82, 2.24) is 5.32 Å². The molecule has 0 aliphatic heterocycles. The van der Waals surface area contributed by atoms with Crippen LogP contribution in [0.3, 0.4) is 0 Å². The van der Waals surface area contributed by atoms with Crippen LogP contribution in [0.25, 0.3) is 0 Å². The van der Waals surface area contributed by atoms with Crippen LogP contribution < -0.4 is 5.32 Å². The highest BCUT2D eigenvalue weighted by Gasteiger charge is 2.40. The standard InChI is InChI=1S/C15H29NO/c1-3-16-11-10-15(8-5-9-15)17-14-7-4-6-13(2)12-14/h13-14,16H,3-12H2,1-2H3.